The van der Waals surface area contributed by atoms with Crippen molar-refractivity contribution in [2.75, 3.05) is 26.2 Å². The van der Waals surface area contributed by atoms with Gasteiger partial charge in [0.1, 0.15) is 11.8 Å². The van der Waals surface area contributed by atoms with Gasteiger partial charge in [0.25, 0.3) is 5.91 Å². The van der Waals surface area contributed by atoms with E-state index in [0.717, 1.165) is 25.9 Å². The van der Waals surface area contributed by atoms with Crippen LogP contribution < -0.4 is 0 Å². The van der Waals surface area contributed by atoms with E-state index >= 15 is 0 Å². The second-order valence-electron chi connectivity index (χ2n) is 6.89. The Kier molecular flexibility index (Phi) is 4.85. The molecule has 1 atom stereocenters. The molecule has 0 aromatic carbocycles. The molecule has 4 rings (SSSR count). The number of amides is 1. The largest absolute Gasteiger partial charge is 0.503 e. The maximum Gasteiger partial charge on any atom is 0.290 e. The number of rotatable bonds is 6. The first kappa shape index (κ1) is 17.6. The van der Waals surface area contributed by atoms with Crippen LogP contribution in [0.4, 0.5) is 0 Å². The Labute approximate surface area is 156 Å². The minimum absolute atomic E-state index is 0.00328. The maximum atomic E-state index is 12.9. The molecule has 2 aromatic heterocycles. The van der Waals surface area contributed by atoms with Gasteiger partial charge in [-0.15, -0.1) is 0 Å². The summed E-state index contributed by atoms with van der Waals surface area (Å²) in [5, 5.41) is 10.5. The Morgan fingerprint density at radius 2 is 1.81 bits per heavy atom. The number of aliphatic hydroxyl groups is 1. The van der Waals surface area contributed by atoms with Crippen molar-refractivity contribution in [3.05, 3.63) is 59.6 Å². The molecule has 27 heavy (non-hydrogen) atoms. The molecule has 2 aliphatic heterocycles. The van der Waals surface area contributed by atoms with Crippen molar-refractivity contribution in [1.82, 2.24) is 9.80 Å². The number of aliphatic hydroxyl groups excluding tert-OH is 1. The SMILES string of the molecule is O=C(C1=C(O)C(=O)N(CCN2CCCCC2)C1c1ccco1)c1ccco1. The summed E-state index contributed by atoms with van der Waals surface area (Å²) in [6.45, 7) is 3.11. The van der Waals surface area contributed by atoms with Gasteiger partial charge in [0.05, 0.1) is 18.1 Å². The van der Waals surface area contributed by atoms with Gasteiger partial charge < -0.3 is 23.7 Å². The highest BCUT2D eigenvalue weighted by atomic mass is 16.3. The Balaban J connectivity index is 1.62. The number of carbonyl (C=O) groups excluding carboxylic acids is 2. The zero-order valence-corrected chi connectivity index (χ0v) is 15.0. The van der Waals surface area contributed by atoms with Crippen LogP contribution in [0, 0.1) is 0 Å². The number of hydrogen-bond donors (Lipinski definition) is 1. The summed E-state index contributed by atoms with van der Waals surface area (Å²) in [7, 11) is 0. The molecule has 0 radical (unpaired) electrons. The smallest absolute Gasteiger partial charge is 0.290 e. The quantitative estimate of drug-likeness (QED) is 0.787. The lowest BCUT2D eigenvalue weighted by atomic mass is 9.99. The van der Waals surface area contributed by atoms with Crippen LogP contribution in [0.2, 0.25) is 0 Å². The molecule has 0 saturated carbocycles. The van der Waals surface area contributed by atoms with Crippen molar-refractivity contribution in [2.24, 2.45) is 0 Å². The molecule has 1 amide bonds. The van der Waals surface area contributed by atoms with Gasteiger partial charge in [-0.3, -0.25) is 9.59 Å². The lowest BCUT2D eigenvalue weighted by molar-refractivity contribution is -0.129. The number of carbonyl (C=O) groups is 2. The van der Waals surface area contributed by atoms with Gasteiger partial charge in [0.15, 0.2) is 11.5 Å². The maximum absolute atomic E-state index is 12.9. The van der Waals surface area contributed by atoms with Gasteiger partial charge >= 0.3 is 0 Å². The van der Waals surface area contributed by atoms with Crippen LogP contribution in [-0.2, 0) is 4.79 Å². The molecule has 0 bridgehead atoms. The lowest BCUT2D eigenvalue weighted by Gasteiger charge is -2.30. The van der Waals surface area contributed by atoms with E-state index in [1.54, 1.807) is 18.2 Å². The normalized spacial score (nSPS) is 21.3. The molecule has 1 unspecified atom stereocenters. The van der Waals surface area contributed by atoms with E-state index in [-0.39, 0.29) is 11.3 Å². The number of piperidine rings is 1. The molecular formula is C20H22N2O5. The van der Waals surface area contributed by atoms with Gasteiger partial charge in [0.2, 0.25) is 5.78 Å². The molecule has 0 spiro atoms. The molecule has 1 saturated heterocycles. The zero-order chi connectivity index (χ0) is 18.8. The fourth-order valence-electron chi connectivity index (χ4n) is 3.83. The number of likely N-dealkylation sites (tertiary alicyclic amines) is 1. The van der Waals surface area contributed by atoms with Gasteiger partial charge in [-0.1, -0.05) is 6.42 Å². The highest BCUT2D eigenvalue weighted by Gasteiger charge is 2.45. The van der Waals surface area contributed by atoms with E-state index in [2.05, 4.69) is 4.90 Å². The minimum Gasteiger partial charge on any atom is -0.503 e. The van der Waals surface area contributed by atoms with Crippen LogP contribution in [-0.4, -0.2) is 52.8 Å². The third-order valence-corrected chi connectivity index (χ3v) is 5.21. The van der Waals surface area contributed by atoms with Crippen molar-refractivity contribution in [3.8, 4) is 0 Å². The molecule has 4 heterocycles. The van der Waals surface area contributed by atoms with Crippen LogP contribution in [0.5, 0.6) is 0 Å². The lowest BCUT2D eigenvalue weighted by Crippen LogP contribution is -2.40. The molecule has 7 nitrogen and oxygen atoms in total. The number of furan rings is 2. The summed E-state index contributed by atoms with van der Waals surface area (Å²) in [4.78, 5) is 29.4. The Morgan fingerprint density at radius 3 is 2.48 bits per heavy atom. The van der Waals surface area contributed by atoms with Gasteiger partial charge in [-0.2, -0.15) is 0 Å². The van der Waals surface area contributed by atoms with Gasteiger partial charge in [-0.25, -0.2) is 0 Å². The van der Waals surface area contributed by atoms with Crippen molar-refractivity contribution in [2.45, 2.75) is 25.3 Å². The topological polar surface area (TPSA) is 87.1 Å². The second kappa shape index (κ2) is 7.44. The summed E-state index contributed by atoms with van der Waals surface area (Å²) < 4.78 is 10.7. The van der Waals surface area contributed by atoms with Crippen LogP contribution >= 0.6 is 0 Å². The van der Waals surface area contributed by atoms with Crippen molar-refractivity contribution < 1.29 is 23.5 Å². The minimum atomic E-state index is -0.755. The summed E-state index contributed by atoms with van der Waals surface area (Å²) in [6.07, 6.45) is 6.42. The Hall–Kier alpha value is -2.80. The average molecular weight is 370 g/mol. The standard InChI is InChI=1S/C20H22N2O5/c23-18(15-7-5-13-27-15)16-17(14-6-4-12-26-14)22(20(25)19(16)24)11-10-21-8-2-1-3-9-21/h4-7,12-13,17,24H,1-3,8-11H2. The fourth-order valence-corrected chi connectivity index (χ4v) is 3.83. The number of nitrogens with zero attached hydrogens (tertiary/aromatic N) is 2. The first-order valence-corrected chi connectivity index (χ1v) is 9.25. The molecular weight excluding hydrogens is 348 g/mol. The van der Waals surface area contributed by atoms with Crippen LogP contribution in [0.1, 0.15) is 41.6 Å². The molecule has 1 fully saturated rings. The van der Waals surface area contributed by atoms with Crippen molar-refractivity contribution >= 4 is 11.7 Å². The average Bonchev–Trinajstić information content (AvgIpc) is 3.43. The molecule has 1 N–H and O–H groups in total. The van der Waals surface area contributed by atoms with Crippen LogP contribution in [0.3, 0.4) is 0 Å². The Bertz CT molecular complexity index is 832. The van der Waals surface area contributed by atoms with Crippen molar-refractivity contribution in [1.29, 1.82) is 0 Å². The Morgan fingerprint density at radius 1 is 1.07 bits per heavy atom. The van der Waals surface area contributed by atoms with Gasteiger partial charge in [0, 0.05) is 13.1 Å². The highest BCUT2D eigenvalue weighted by Crippen LogP contribution is 2.39. The van der Waals surface area contributed by atoms with Crippen LogP contribution in [0.15, 0.2) is 57.0 Å². The highest BCUT2D eigenvalue weighted by molar-refractivity contribution is 6.14. The van der Waals surface area contributed by atoms with E-state index in [4.69, 9.17) is 8.83 Å². The fraction of sp³-hybridized carbons (Fsp3) is 0.400. The molecule has 142 valence electrons. The number of hydrogen-bond acceptors (Lipinski definition) is 6. The summed E-state index contributed by atoms with van der Waals surface area (Å²) in [5.41, 5.74) is 0.00328. The first-order valence-electron chi connectivity index (χ1n) is 9.25. The third-order valence-electron chi connectivity index (χ3n) is 5.21. The summed E-state index contributed by atoms with van der Waals surface area (Å²) >= 11 is 0. The second-order valence-corrected chi connectivity index (χ2v) is 6.89. The van der Waals surface area contributed by atoms with Gasteiger partial charge in [-0.05, 0) is 50.2 Å². The zero-order valence-electron chi connectivity index (χ0n) is 15.0. The monoisotopic (exact) mass is 370 g/mol. The summed E-state index contributed by atoms with van der Waals surface area (Å²) in [5.74, 6) is -1.06. The van der Waals surface area contributed by atoms with E-state index in [1.807, 2.05) is 0 Å². The molecule has 0 aliphatic carbocycles. The molecule has 2 aromatic rings. The summed E-state index contributed by atoms with van der Waals surface area (Å²) in [6, 6.07) is 5.77. The number of ketones is 1. The predicted molar refractivity (Wildman–Crippen MR) is 96.1 cm³/mol. The van der Waals surface area contributed by atoms with E-state index in [0.29, 0.717) is 18.8 Å². The van der Waals surface area contributed by atoms with E-state index in [1.165, 1.54) is 29.9 Å². The molecule has 2 aliphatic rings. The predicted octanol–water partition coefficient (Wildman–Crippen LogP) is 2.94. The van der Waals surface area contributed by atoms with E-state index < -0.39 is 23.5 Å². The number of Topliss-reactive ketones (excluding diaryl/α,β-unsaturated/α-hetero) is 1. The van der Waals surface area contributed by atoms with E-state index in [9.17, 15) is 14.7 Å². The third kappa shape index (κ3) is 3.30. The van der Waals surface area contributed by atoms with Crippen LogP contribution in [0.25, 0.3) is 0 Å². The van der Waals surface area contributed by atoms with Crippen molar-refractivity contribution in [3.63, 3.8) is 0 Å². The molecule has 7 heteroatoms. The first-order chi connectivity index (χ1) is 13.2.